The van der Waals surface area contributed by atoms with E-state index in [0.29, 0.717) is 39.1 Å². The van der Waals surface area contributed by atoms with Crippen molar-refractivity contribution in [1.29, 1.82) is 0 Å². The van der Waals surface area contributed by atoms with E-state index in [9.17, 15) is 13.9 Å². The minimum atomic E-state index is -0.825. The van der Waals surface area contributed by atoms with Crippen LogP contribution < -0.4 is 4.74 Å². The molecule has 0 unspecified atom stereocenters. The molecule has 0 spiro atoms. The molecule has 0 atom stereocenters. The average Bonchev–Trinajstić information content (AvgIpc) is 3.05. The number of halogens is 2. The van der Waals surface area contributed by atoms with Gasteiger partial charge in [-0.3, -0.25) is 14.8 Å². The highest BCUT2D eigenvalue weighted by Gasteiger charge is 2.34. The van der Waals surface area contributed by atoms with E-state index in [1.807, 2.05) is 18.2 Å². The predicted octanol–water partition coefficient (Wildman–Crippen LogP) is 4.24. The lowest BCUT2D eigenvalue weighted by Gasteiger charge is -2.38. The number of benzene rings is 2. The van der Waals surface area contributed by atoms with Crippen molar-refractivity contribution in [2.24, 2.45) is 0 Å². The number of likely N-dealkylation sites (tertiary alicyclic amines) is 1. The fraction of sp³-hybridized carbons (Fsp3) is 0.370. The van der Waals surface area contributed by atoms with Gasteiger partial charge in [0.2, 0.25) is 0 Å². The maximum absolute atomic E-state index is 13.6. The third kappa shape index (κ3) is 5.12. The molecule has 5 rings (SSSR count). The molecule has 0 amide bonds. The second kappa shape index (κ2) is 9.78. The van der Waals surface area contributed by atoms with Crippen molar-refractivity contribution in [2.75, 3.05) is 26.2 Å². The molecule has 0 radical (unpaired) electrons. The van der Waals surface area contributed by atoms with Crippen molar-refractivity contribution in [1.82, 2.24) is 14.8 Å². The second-order valence-corrected chi connectivity index (χ2v) is 9.30. The van der Waals surface area contributed by atoms with Gasteiger partial charge in [-0.05, 0) is 54.3 Å². The largest absolute Gasteiger partial charge is 0.492 e. The monoisotopic (exact) mass is 465 g/mol. The first-order valence-electron chi connectivity index (χ1n) is 11.7. The van der Waals surface area contributed by atoms with Gasteiger partial charge < -0.3 is 9.84 Å². The third-order valence-electron chi connectivity index (χ3n) is 6.86. The van der Waals surface area contributed by atoms with Crippen LogP contribution in [0.4, 0.5) is 8.78 Å². The van der Waals surface area contributed by atoms with E-state index in [2.05, 4.69) is 26.9 Å². The maximum atomic E-state index is 13.6. The van der Waals surface area contributed by atoms with Gasteiger partial charge in [0.15, 0.2) is 11.6 Å². The molecule has 1 fully saturated rings. The Hall–Kier alpha value is -2.87. The van der Waals surface area contributed by atoms with Gasteiger partial charge >= 0.3 is 0 Å². The first-order valence-corrected chi connectivity index (χ1v) is 11.7. The molecule has 1 N–H and O–H groups in total. The molecule has 1 aromatic heterocycles. The van der Waals surface area contributed by atoms with Gasteiger partial charge in [0.05, 0.1) is 5.60 Å². The number of piperidine rings is 1. The van der Waals surface area contributed by atoms with Crippen LogP contribution in [0.1, 0.15) is 35.1 Å². The molecule has 1 saturated heterocycles. The number of hydrogen-bond donors (Lipinski definition) is 1. The lowest BCUT2D eigenvalue weighted by molar-refractivity contribution is -0.0279. The summed E-state index contributed by atoms with van der Waals surface area (Å²) in [7, 11) is 0. The van der Waals surface area contributed by atoms with Crippen LogP contribution in [-0.2, 0) is 25.2 Å². The number of nitrogens with zero attached hydrogens (tertiary/aromatic N) is 3. The first kappa shape index (κ1) is 22.9. The van der Waals surface area contributed by atoms with Crippen molar-refractivity contribution >= 4 is 0 Å². The standard InChI is InChI=1S/C27H29F2N3O2/c28-24-5-3-21(15-25(24)29)18-32-12-13-34-26-6-4-20(14-22(26)19-32)17-31-10-7-27(33,8-11-31)23-2-1-9-30-16-23/h1-6,9,14-16,33H,7-8,10-13,17-19H2. The summed E-state index contributed by atoms with van der Waals surface area (Å²) in [6.45, 7) is 4.89. The quantitative estimate of drug-likeness (QED) is 0.611. The molecule has 7 heteroatoms. The lowest BCUT2D eigenvalue weighted by Crippen LogP contribution is -2.42. The molecule has 0 aliphatic carbocycles. The summed E-state index contributed by atoms with van der Waals surface area (Å²) >= 11 is 0. The molecular formula is C27H29F2N3O2. The Morgan fingerprint density at radius 1 is 0.912 bits per heavy atom. The molecule has 0 bridgehead atoms. The van der Waals surface area contributed by atoms with Crippen LogP contribution in [0.15, 0.2) is 60.9 Å². The van der Waals surface area contributed by atoms with Crippen molar-refractivity contribution < 1.29 is 18.6 Å². The average molecular weight is 466 g/mol. The van der Waals surface area contributed by atoms with Gasteiger partial charge in [0.1, 0.15) is 12.4 Å². The van der Waals surface area contributed by atoms with E-state index < -0.39 is 17.2 Å². The van der Waals surface area contributed by atoms with E-state index >= 15 is 0 Å². The fourth-order valence-corrected chi connectivity index (χ4v) is 4.90. The zero-order valence-corrected chi connectivity index (χ0v) is 19.1. The van der Waals surface area contributed by atoms with Gasteiger partial charge in [-0.2, -0.15) is 0 Å². The van der Waals surface area contributed by atoms with E-state index in [1.54, 1.807) is 18.5 Å². The maximum Gasteiger partial charge on any atom is 0.159 e. The zero-order chi connectivity index (χ0) is 23.5. The Morgan fingerprint density at radius 2 is 1.68 bits per heavy atom. The molecule has 2 aromatic carbocycles. The molecule has 34 heavy (non-hydrogen) atoms. The van der Waals surface area contributed by atoms with Gasteiger partial charge in [-0.15, -0.1) is 0 Å². The number of aliphatic hydroxyl groups is 1. The van der Waals surface area contributed by atoms with E-state index in [-0.39, 0.29) is 0 Å². The molecule has 0 saturated carbocycles. The summed E-state index contributed by atoms with van der Waals surface area (Å²) in [6.07, 6.45) is 4.83. The highest BCUT2D eigenvalue weighted by Crippen LogP contribution is 2.33. The zero-order valence-electron chi connectivity index (χ0n) is 19.1. The number of rotatable bonds is 5. The second-order valence-electron chi connectivity index (χ2n) is 9.30. The van der Waals surface area contributed by atoms with Crippen LogP contribution in [-0.4, -0.2) is 46.1 Å². The Morgan fingerprint density at radius 3 is 2.44 bits per heavy atom. The van der Waals surface area contributed by atoms with E-state index in [4.69, 9.17) is 4.74 Å². The molecule has 3 heterocycles. The number of fused-ring (bicyclic) bond motifs is 1. The predicted molar refractivity (Wildman–Crippen MR) is 125 cm³/mol. The van der Waals surface area contributed by atoms with Crippen molar-refractivity contribution in [3.05, 3.63) is 94.8 Å². The summed E-state index contributed by atoms with van der Waals surface area (Å²) in [5.41, 5.74) is 3.11. The van der Waals surface area contributed by atoms with Crippen LogP contribution in [0.3, 0.4) is 0 Å². The smallest absolute Gasteiger partial charge is 0.159 e. The van der Waals surface area contributed by atoms with Crippen molar-refractivity contribution in [3.63, 3.8) is 0 Å². The number of aromatic nitrogens is 1. The number of ether oxygens (including phenoxy) is 1. The summed E-state index contributed by atoms with van der Waals surface area (Å²) in [6, 6.07) is 14.2. The number of hydrogen-bond acceptors (Lipinski definition) is 5. The molecule has 2 aliphatic heterocycles. The Labute approximate surface area is 198 Å². The van der Waals surface area contributed by atoms with E-state index in [0.717, 1.165) is 42.1 Å². The topological polar surface area (TPSA) is 48.8 Å². The highest BCUT2D eigenvalue weighted by molar-refractivity contribution is 5.38. The van der Waals surface area contributed by atoms with Gasteiger partial charge in [0.25, 0.3) is 0 Å². The summed E-state index contributed by atoms with van der Waals surface area (Å²) in [5.74, 6) is -0.765. The SMILES string of the molecule is OC1(c2cccnc2)CCN(Cc2ccc3c(c2)CN(Cc2ccc(F)c(F)c2)CCO3)CC1. The molecule has 178 valence electrons. The fourth-order valence-electron chi connectivity index (χ4n) is 4.90. The highest BCUT2D eigenvalue weighted by atomic mass is 19.2. The van der Waals surface area contributed by atoms with Gasteiger partial charge in [0, 0.05) is 62.8 Å². The molecular weight excluding hydrogens is 436 g/mol. The van der Waals surface area contributed by atoms with Crippen LogP contribution in [0, 0.1) is 11.6 Å². The minimum absolute atomic E-state index is 0.531. The summed E-state index contributed by atoms with van der Waals surface area (Å²) < 4.78 is 32.9. The molecule has 3 aromatic rings. The normalized spacial score (nSPS) is 18.7. The van der Waals surface area contributed by atoms with E-state index in [1.165, 1.54) is 17.7 Å². The molecule has 2 aliphatic rings. The minimum Gasteiger partial charge on any atom is -0.492 e. The first-order chi connectivity index (χ1) is 16.5. The van der Waals surface area contributed by atoms with Gasteiger partial charge in [-0.25, -0.2) is 8.78 Å². The lowest BCUT2D eigenvalue weighted by atomic mass is 9.85. The van der Waals surface area contributed by atoms with Crippen molar-refractivity contribution in [2.45, 2.75) is 38.1 Å². The summed E-state index contributed by atoms with van der Waals surface area (Å²) in [4.78, 5) is 8.71. The summed E-state index contributed by atoms with van der Waals surface area (Å²) in [5, 5.41) is 11.1. The van der Waals surface area contributed by atoms with Gasteiger partial charge in [-0.1, -0.05) is 18.2 Å². The van der Waals surface area contributed by atoms with Crippen molar-refractivity contribution in [3.8, 4) is 5.75 Å². The van der Waals surface area contributed by atoms with Crippen LogP contribution in [0.25, 0.3) is 0 Å². The molecule has 5 nitrogen and oxygen atoms in total. The Kier molecular flexibility index (Phi) is 6.59. The number of pyridine rings is 1. The Bertz CT molecular complexity index is 1130. The van der Waals surface area contributed by atoms with Crippen LogP contribution in [0.2, 0.25) is 0 Å². The van der Waals surface area contributed by atoms with Crippen LogP contribution >= 0.6 is 0 Å². The Balaban J connectivity index is 1.23. The third-order valence-corrected chi connectivity index (χ3v) is 6.86. The van der Waals surface area contributed by atoms with Crippen LogP contribution in [0.5, 0.6) is 5.75 Å².